The summed E-state index contributed by atoms with van der Waals surface area (Å²) in [7, 11) is 1.39. The van der Waals surface area contributed by atoms with Gasteiger partial charge >= 0.3 is 5.97 Å². The minimum atomic E-state index is -0.327. The molecule has 4 nitrogen and oxygen atoms in total. The molecule has 0 aliphatic rings. The Balaban J connectivity index is 1.85. The lowest BCUT2D eigenvalue weighted by atomic mass is 10.1. The minimum absolute atomic E-state index is 0.327. The van der Waals surface area contributed by atoms with E-state index in [1.54, 1.807) is 0 Å². The van der Waals surface area contributed by atoms with E-state index in [0.29, 0.717) is 12.2 Å². The van der Waals surface area contributed by atoms with E-state index in [-0.39, 0.29) is 5.97 Å². The van der Waals surface area contributed by atoms with Crippen LogP contribution < -0.4 is 10.1 Å². The van der Waals surface area contributed by atoms with Crippen LogP contribution in [-0.2, 0) is 4.74 Å². The molecule has 0 aromatic heterocycles. The molecule has 0 fully saturated rings. The molecule has 2 aromatic rings. The van der Waals surface area contributed by atoms with Gasteiger partial charge in [-0.2, -0.15) is 0 Å². The molecular weight excluding hydrogens is 290 g/mol. The molecule has 0 radical (unpaired) electrons. The van der Waals surface area contributed by atoms with Crippen LogP contribution >= 0.6 is 0 Å². The van der Waals surface area contributed by atoms with Gasteiger partial charge in [-0.15, -0.1) is 0 Å². The molecule has 122 valence electrons. The van der Waals surface area contributed by atoms with E-state index >= 15 is 0 Å². The highest BCUT2D eigenvalue weighted by molar-refractivity contribution is 5.95. The Hall–Kier alpha value is -2.49. The molecule has 2 aromatic carbocycles. The number of ether oxygens (including phenoxy) is 2. The first kappa shape index (κ1) is 16.9. The molecule has 0 aliphatic carbocycles. The topological polar surface area (TPSA) is 47.6 Å². The van der Waals surface area contributed by atoms with Gasteiger partial charge in [-0.25, -0.2) is 4.79 Å². The number of benzene rings is 2. The van der Waals surface area contributed by atoms with Crippen molar-refractivity contribution in [1.82, 2.24) is 0 Å². The van der Waals surface area contributed by atoms with Crippen LogP contribution in [0.5, 0.6) is 5.75 Å². The third kappa shape index (κ3) is 4.74. The van der Waals surface area contributed by atoms with E-state index < -0.39 is 0 Å². The number of hydrogen-bond acceptors (Lipinski definition) is 4. The molecular formula is C19H23NO3. The van der Waals surface area contributed by atoms with Crippen LogP contribution in [0.3, 0.4) is 0 Å². The molecule has 1 N–H and O–H groups in total. The quantitative estimate of drug-likeness (QED) is 0.620. The number of carbonyl (C=O) groups excluding carboxylic acids is 1. The van der Waals surface area contributed by atoms with Crippen LogP contribution in [0.2, 0.25) is 0 Å². The third-order valence-corrected chi connectivity index (χ3v) is 3.57. The fraction of sp³-hybridized carbons (Fsp3) is 0.316. The summed E-state index contributed by atoms with van der Waals surface area (Å²) >= 11 is 0. The van der Waals surface area contributed by atoms with Gasteiger partial charge in [0.1, 0.15) is 5.75 Å². The number of aryl methyl sites for hydroxylation is 2. The SMILES string of the molecule is COC(=O)c1cc(C)ccc1NCCCOc1ccccc1C. The highest BCUT2D eigenvalue weighted by Crippen LogP contribution is 2.19. The predicted molar refractivity (Wildman–Crippen MR) is 92.3 cm³/mol. The van der Waals surface area contributed by atoms with Gasteiger partial charge in [0.05, 0.1) is 19.3 Å². The summed E-state index contributed by atoms with van der Waals surface area (Å²) in [5.41, 5.74) is 3.51. The number of nitrogens with one attached hydrogen (secondary N) is 1. The first-order valence-corrected chi connectivity index (χ1v) is 7.73. The second kappa shape index (κ2) is 8.22. The molecule has 0 amide bonds. The van der Waals surface area contributed by atoms with Crippen LogP contribution in [0.1, 0.15) is 27.9 Å². The van der Waals surface area contributed by atoms with Gasteiger partial charge in [-0.05, 0) is 44.0 Å². The van der Waals surface area contributed by atoms with Gasteiger partial charge in [0.25, 0.3) is 0 Å². The maximum Gasteiger partial charge on any atom is 0.339 e. The smallest absolute Gasteiger partial charge is 0.339 e. The summed E-state index contributed by atoms with van der Waals surface area (Å²) < 4.78 is 10.6. The van der Waals surface area contributed by atoms with Crippen molar-refractivity contribution in [2.75, 3.05) is 25.6 Å². The second-order valence-corrected chi connectivity index (χ2v) is 5.43. The normalized spacial score (nSPS) is 10.2. The van der Waals surface area contributed by atoms with Gasteiger partial charge in [0.15, 0.2) is 0 Å². The molecule has 0 saturated heterocycles. The van der Waals surface area contributed by atoms with Gasteiger partial charge in [-0.1, -0.05) is 29.8 Å². The first-order chi connectivity index (χ1) is 11.1. The molecule has 0 spiro atoms. The van der Waals surface area contributed by atoms with E-state index in [1.165, 1.54) is 7.11 Å². The molecule has 2 rings (SSSR count). The fourth-order valence-electron chi connectivity index (χ4n) is 2.29. The summed E-state index contributed by atoms with van der Waals surface area (Å²) in [5.74, 6) is 0.588. The molecule has 0 saturated carbocycles. The number of carbonyl (C=O) groups is 1. The average molecular weight is 313 g/mol. The summed E-state index contributed by atoms with van der Waals surface area (Å²) in [6, 6.07) is 13.7. The van der Waals surface area contributed by atoms with Crippen molar-refractivity contribution in [3.8, 4) is 5.75 Å². The lowest BCUT2D eigenvalue weighted by Gasteiger charge is -2.12. The zero-order valence-corrected chi connectivity index (χ0v) is 13.9. The summed E-state index contributed by atoms with van der Waals surface area (Å²) in [6.45, 7) is 5.32. The standard InChI is InChI=1S/C19H23NO3/c1-14-9-10-17(16(13-14)19(21)22-3)20-11-6-12-23-18-8-5-4-7-15(18)2/h4-5,7-10,13,20H,6,11-12H2,1-3H3. The van der Waals surface area contributed by atoms with Crippen molar-refractivity contribution in [1.29, 1.82) is 0 Å². The average Bonchev–Trinajstić information content (AvgIpc) is 2.56. The minimum Gasteiger partial charge on any atom is -0.493 e. The van der Waals surface area contributed by atoms with Crippen molar-refractivity contribution in [2.45, 2.75) is 20.3 Å². The van der Waals surface area contributed by atoms with Crippen LogP contribution in [0.25, 0.3) is 0 Å². The summed E-state index contributed by atoms with van der Waals surface area (Å²) in [5, 5.41) is 3.28. The Morgan fingerprint density at radius 1 is 1.13 bits per heavy atom. The van der Waals surface area contributed by atoms with E-state index in [1.807, 2.05) is 56.3 Å². The largest absolute Gasteiger partial charge is 0.493 e. The summed E-state index contributed by atoms with van der Waals surface area (Å²) in [4.78, 5) is 11.8. The molecule has 0 bridgehead atoms. The number of methoxy groups -OCH3 is 1. The third-order valence-electron chi connectivity index (χ3n) is 3.57. The molecule has 4 heteroatoms. The van der Waals surface area contributed by atoms with Crippen molar-refractivity contribution < 1.29 is 14.3 Å². The maximum absolute atomic E-state index is 11.8. The van der Waals surface area contributed by atoms with Gasteiger partial charge in [0.2, 0.25) is 0 Å². The zero-order valence-electron chi connectivity index (χ0n) is 13.9. The molecule has 0 atom stereocenters. The lowest BCUT2D eigenvalue weighted by Crippen LogP contribution is -2.12. The lowest BCUT2D eigenvalue weighted by molar-refractivity contribution is 0.0601. The maximum atomic E-state index is 11.8. The Morgan fingerprint density at radius 2 is 1.91 bits per heavy atom. The van der Waals surface area contributed by atoms with Gasteiger partial charge in [0, 0.05) is 12.2 Å². The van der Waals surface area contributed by atoms with E-state index in [2.05, 4.69) is 5.32 Å². The Bertz CT molecular complexity index is 667. The number of para-hydroxylation sites is 1. The Kier molecular flexibility index (Phi) is 6.03. The van der Waals surface area contributed by atoms with Crippen molar-refractivity contribution in [2.24, 2.45) is 0 Å². The summed E-state index contributed by atoms with van der Waals surface area (Å²) in [6.07, 6.45) is 0.836. The van der Waals surface area contributed by atoms with Crippen molar-refractivity contribution in [3.63, 3.8) is 0 Å². The highest BCUT2D eigenvalue weighted by atomic mass is 16.5. The Labute approximate surface area is 137 Å². The Morgan fingerprint density at radius 3 is 2.65 bits per heavy atom. The molecule has 23 heavy (non-hydrogen) atoms. The van der Waals surface area contributed by atoms with Crippen LogP contribution in [0.15, 0.2) is 42.5 Å². The molecule has 0 heterocycles. The molecule has 0 aliphatic heterocycles. The zero-order chi connectivity index (χ0) is 16.7. The predicted octanol–water partition coefficient (Wildman–Crippen LogP) is 3.97. The van der Waals surface area contributed by atoms with Crippen molar-refractivity contribution in [3.05, 3.63) is 59.2 Å². The number of rotatable bonds is 7. The van der Waals surface area contributed by atoms with Crippen LogP contribution in [0.4, 0.5) is 5.69 Å². The monoisotopic (exact) mass is 313 g/mol. The van der Waals surface area contributed by atoms with E-state index in [4.69, 9.17) is 9.47 Å². The fourth-order valence-corrected chi connectivity index (χ4v) is 2.29. The van der Waals surface area contributed by atoms with E-state index in [9.17, 15) is 4.79 Å². The van der Waals surface area contributed by atoms with Gasteiger partial charge < -0.3 is 14.8 Å². The van der Waals surface area contributed by atoms with Gasteiger partial charge in [-0.3, -0.25) is 0 Å². The number of esters is 1. The second-order valence-electron chi connectivity index (χ2n) is 5.43. The van der Waals surface area contributed by atoms with Crippen LogP contribution in [-0.4, -0.2) is 26.2 Å². The van der Waals surface area contributed by atoms with E-state index in [0.717, 1.165) is 35.5 Å². The highest BCUT2D eigenvalue weighted by Gasteiger charge is 2.11. The first-order valence-electron chi connectivity index (χ1n) is 7.73. The number of anilines is 1. The van der Waals surface area contributed by atoms with Crippen LogP contribution in [0, 0.1) is 13.8 Å². The molecule has 0 unspecified atom stereocenters. The van der Waals surface area contributed by atoms with Crippen molar-refractivity contribution >= 4 is 11.7 Å². The number of hydrogen-bond donors (Lipinski definition) is 1.